The normalized spacial score (nSPS) is 18.5. The van der Waals surface area contributed by atoms with Crippen molar-refractivity contribution in [2.45, 2.75) is 4.90 Å². The minimum Gasteiger partial charge on any atom is -0.399 e. The predicted octanol–water partition coefficient (Wildman–Crippen LogP) is -1.10. The van der Waals surface area contributed by atoms with Gasteiger partial charge in [-0.15, -0.1) is 0 Å². The van der Waals surface area contributed by atoms with Crippen molar-refractivity contribution in [3.8, 4) is 0 Å². The first-order valence-electron chi connectivity index (χ1n) is 6.32. The first-order valence-corrected chi connectivity index (χ1v) is 9.63. The van der Waals surface area contributed by atoms with Gasteiger partial charge in [0.1, 0.15) is 0 Å². The third kappa shape index (κ3) is 4.32. The highest BCUT2D eigenvalue weighted by molar-refractivity contribution is 7.91. The summed E-state index contributed by atoms with van der Waals surface area (Å²) in [5.74, 6) is -0.171. The van der Waals surface area contributed by atoms with Crippen LogP contribution in [0.2, 0.25) is 0 Å². The fourth-order valence-electron chi connectivity index (χ4n) is 1.82. The first kappa shape index (κ1) is 16.5. The molecule has 0 bridgehead atoms. The molecular formula is C11H16N4O5S2. The van der Waals surface area contributed by atoms with Gasteiger partial charge in [0.05, 0.1) is 16.4 Å². The highest BCUT2D eigenvalue weighted by Gasteiger charge is 2.24. The maximum atomic E-state index is 12.0. The quantitative estimate of drug-likeness (QED) is 0.589. The number of urea groups is 1. The number of anilines is 1. The summed E-state index contributed by atoms with van der Waals surface area (Å²) >= 11 is 0. The summed E-state index contributed by atoms with van der Waals surface area (Å²) in [6.45, 7) is 0.218. The Morgan fingerprint density at radius 1 is 1.14 bits per heavy atom. The molecule has 0 radical (unpaired) electrons. The summed E-state index contributed by atoms with van der Waals surface area (Å²) in [4.78, 5) is 11.6. The van der Waals surface area contributed by atoms with E-state index >= 15 is 0 Å². The molecule has 4 N–H and O–H groups in total. The van der Waals surface area contributed by atoms with Crippen LogP contribution in [0.4, 0.5) is 10.5 Å². The lowest BCUT2D eigenvalue weighted by Gasteiger charge is -2.26. The number of hydrogen-bond acceptors (Lipinski definition) is 7. The van der Waals surface area contributed by atoms with Crippen molar-refractivity contribution >= 4 is 31.6 Å². The van der Waals surface area contributed by atoms with Crippen LogP contribution in [0, 0.1) is 0 Å². The van der Waals surface area contributed by atoms with E-state index in [9.17, 15) is 21.6 Å². The number of rotatable bonds is 3. The van der Waals surface area contributed by atoms with Crippen molar-refractivity contribution in [2.75, 3.05) is 30.3 Å². The molecule has 1 aliphatic heterocycles. The molecule has 1 fully saturated rings. The van der Waals surface area contributed by atoms with E-state index in [1.54, 1.807) is 0 Å². The molecule has 1 aromatic carbocycles. The summed E-state index contributed by atoms with van der Waals surface area (Å²) in [6, 6.07) is 4.41. The Morgan fingerprint density at radius 3 is 2.23 bits per heavy atom. The van der Waals surface area contributed by atoms with Gasteiger partial charge < -0.3 is 5.73 Å². The van der Waals surface area contributed by atoms with Gasteiger partial charge in [-0.25, -0.2) is 31.4 Å². The second-order valence-electron chi connectivity index (χ2n) is 4.75. The molecule has 22 heavy (non-hydrogen) atoms. The molecule has 1 saturated heterocycles. The van der Waals surface area contributed by atoms with Gasteiger partial charge in [-0.3, -0.25) is 5.43 Å². The Kier molecular flexibility index (Phi) is 4.58. The van der Waals surface area contributed by atoms with Crippen molar-refractivity contribution < 1.29 is 21.6 Å². The molecule has 2 rings (SSSR count). The monoisotopic (exact) mass is 348 g/mol. The molecule has 0 aromatic heterocycles. The number of sulfonamides is 1. The summed E-state index contributed by atoms with van der Waals surface area (Å²) in [6.07, 6.45) is 0. The molecule has 2 amide bonds. The summed E-state index contributed by atoms with van der Waals surface area (Å²) in [7, 11) is -7.09. The zero-order chi connectivity index (χ0) is 16.4. The lowest BCUT2D eigenvalue weighted by atomic mass is 10.3. The molecule has 0 unspecified atom stereocenters. The molecule has 1 heterocycles. The average Bonchev–Trinajstić information content (AvgIpc) is 2.41. The highest BCUT2D eigenvalue weighted by atomic mass is 32.2. The van der Waals surface area contributed by atoms with Gasteiger partial charge in [0.15, 0.2) is 9.84 Å². The number of hydrogen-bond donors (Lipinski definition) is 3. The van der Waals surface area contributed by atoms with E-state index in [1.807, 2.05) is 4.72 Å². The van der Waals surface area contributed by atoms with E-state index in [4.69, 9.17) is 5.73 Å². The molecule has 0 aliphatic carbocycles. The maximum absolute atomic E-state index is 12.0. The van der Waals surface area contributed by atoms with Crippen LogP contribution in [-0.2, 0) is 19.9 Å². The molecule has 122 valence electrons. The smallest absolute Gasteiger partial charge is 0.343 e. The maximum Gasteiger partial charge on any atom is 0.343 e. The fraction of sp³-hybridized carbons (Fsp3) is 0.364. The number of nitrogens with zero attached hydrogens (tertiary/aromatic N) is 1. The van der Waals surface area contributed by atoms with Crippen LogP contribution in [0.25, 0.3) is 0 Å². The van der Waals surface area contributed by atoms with Gasteiger partial charge in [-0.1, -0.05) is 0 Å². The third-order valence-electron chi connectivity index (χ3n) is 3.02. The number of nitrogen functional groups attached to an aromatic ring is 1. The fourth-order valence-corrected chi connectivity index (χ4v) is 3.92. The van der Waals surface area contributed by atoms with Gasteiger partial charge in [0, 0.05) is 18.8 Å². The Hall–Kier alpha value is -1.85. The molecule has 1 aromatic rings. The number of sulfone groups is 1. The van der Waals surface area contributed by atoms with Crippen molar-refractivity contribution in [1.82, 2.24) is 15.2 Å². The van der Waals surface area contributed by atoms with Gasteiger partial charge in [0.25, 0.3) is 10.0 Å². The number of nitrogens with one attached hydrogen (secondary N) is 2. The number of benzene rings is 1. The second kappa shape index (κ2) is 6.10. The van der Waals surface area contributed by atoms with E-state index in [0.29, 0.717) is 5.69 Å². The van der Waals surface area contributed by atoms with Crippen LogP contribution < -0.4 is 15.9 Å². The van der Waals surface area contributed by atoms with E-state index in [0.717, 1.165) is 0 Å². The zero-order valence-electron chi connectivity index (χ0n) is 11.5. The molecule has 0 spiro atoms. The van der Waals surface area contributed by atoms with Crippen molar-refractivity contribution in [1.29, 1.82) is 0 Å². The summed E-state index contributed by atoms with van der Waals surface area (Å²) in [5.41, 5.74) is 8.18. The predicted molar refractivity (Wildman–Crippen MR) is 79.9 cm³/mol. The van der Waals surface area contributed by atoms with Crippen LogP contribution in [0.1, 0.15) is 0 Å². The Morgan fingerprint density at radius 2 is 1.68 bits per heavy atom. The number of carbonyl (C=O) groups is 1. The topological polar surface area (TPSA) is 139 Å². The van der Waals surface area contributed by atoms with Crippen LogP contribution in [0.5, 0.6) is 0 Å². The molecule has 0 atom stereocenters. The summed E-state index contributed by atoms with van der Waals surface area (Å²) in [5, 5.41) is 1.36. The van der Waals surface area contributed by atoms with E-state index in [2.05, 4.69) is 5.43 Å². The molecule has 1 aliphatic rings. The van der Waals surface area contributed by atoms with E-state index in [-0.39, 0.29) is 29.5 Å². The SMILES string of the molecule is Nc1ccc(S(=O)(=O)NC(=O)NN2CCS(=O)(=O)CC2)cc1. The van der Waals surface area contributed by atoms with Crippen LogP contribution in [0.3, 0.4) is 0 Å². The molecule has 11 heteroatoms. The third-order valence-corrected chi connectivity index (χ3v) is 5.98. The highest BCUT2D eigenvalue weighted by Crippen LogP contribution is 2.11. The molecular weight excluding hydrogens is 332 g/mol. The van der Waals surface area contributed by atoms with Gasteiger partial charge in [-0.2, -0.15) is 0 Å². The average molecular weight is 348 g/mol. The first-order chi connectivity index (χ1) is 10.2. The van der Waals surface area contributed by atoms with Crippen molar-refractivity contribution in [3.05, 3.63) is 24.3 Å². The zero-order valence-corrected chi connectivity index (χ0v) is 13.2. The number of carbonyl (C=O) groups excluding carboxylic acids is 1. The van der Waals surface area contributed by atoms with Gasteiger partial charge >= 0.3 is 6.03 Å². The Bertz CT molecular complexity index is 744. The number of hydrazine groups is 1. The van der Waals surface area contributed by atoms with E-state index in [1.165, 1.54) is 29.3 Å². The standard InChI is InChI=1S/C11H16N4O5S2/c12-9-1-3-10(4-2-9)22(19,20)14-11(16)13-15-5-7-21(17,18)8-6-15/h1-4H,5-8,12H2,(H2,13,14,16). The van der Waals surface area contributed by atoms with Crippen molar-refractivity contribution in [2.24, 2.45) is 0 Å². The second-order valence-corrected chi connectivity index (χ2v) is 8.74. The Balaban J connectivity index is 1.95. The molecule has 0 saturated carbocycles. The minimum atomic E-state index is -4.01. The summed E-state index contributed by atoms with van der Waals surface area (Å²) < 4.78 is 48.3. The van der Waals surface area contributed by atoms with E-state index < -0.39 is 25.9 Å². The van der Waals surface area contributed by atoms with Crippen LogP contribution in [-0.4, -0.2) is 52.5 Å². The largest absolute Gasteiger partial charge is 0.399 e. The van der Waals surface area contributed by atoms with Gasteiger partial charge in [-0.05, 0) is 24.3 Å². The minimum absolute atomic E-state index is 0.0853. The van der Waals surface area contributed by atoms with Crippen LogP contribution >= 0.6 is 0 Å². The lowest BCUT2D eigenvalue weighted by Crippen LogP contribution is -2.53. The van der Waals surface area contributed by atoms with Gasteiger partial charge in [0.2, 0.25) is 0 Å². The number of nitrogens with two attached hydrogens (primary N) is 1. The Labute approximate surface area is 128 Å². The lowest BCUT2D eigenvalue weighted by molar-refractivity contribution is 0.189. The number of amides is 2. The van der Waals surface area contributed by atoms with Crippen molar-refractivity contribution in [3.63, 3.8) is 0 Å². The van der Waals surface area contributed by atoms with Crippen LogP contribution in [0.15, 0.2) is 29.2 Å². The molecule has 9 nitrogen and oxygen atoms in total.